The Labute approximate surface area is 155 Å². The molecule has 0 aliphatic heterocycles. The topological polar surface area (TPSA) is 64.9 Å². The fraction of sp³-hybridized carbons (Fsp3) is 0.273. The molecule has 0 atom stereocenters. The van der Waals surface area contributed by atoms with Gasteiger partial charge >= 0.3 is 0 Å². The smallest absolute Gasteiger partial charge is 0.267 e. The summed E-state index contributed by atoms with van der Waals surface area (Å²) in [5.41, 5.74) is 5.31. The molecular formula is C22H25N3O. The van der Waals surface area contributed by atoms with E-state index in [4.69, 9.17) is 0 Å². The van der Waals surface area contributed by atoms with E-state index in [0.29, 0.717) is 6.54 Å². The minimum atomic E-state index is -0.389. The molecule has 0 heterocycles. The molecule has 0 aromatic heterocycles. The van der Waals surface area contributed by atoms with E-state index in [-0.39, 0.29) is 11.5 Å². The Morgan fingerprint density at radius 1 is 1.08 bits per heavy atom. The van der Waals surface area contributed by atoms with Crippen LogP contribution in [0.4, 0.5) is 5.69 Å². The van der Waals surface area contributed by atoms with Crippen molar-refractivity contribution >= 4 is 11.6 Å². The van der Waals surface area contributed by atoms with Crippen molar-refractivity contribution < 1.29 is 4.79 Å². The summed E-state index contributed by atoms with van der Waals surface area (Å²) in [7, 11) is 0. The van der Waals surface area contributed by atoms with Gasteiger partial charge in [0.25, 0.3) is 5.91 Å². The highest BCUT2D eigenvalue weighted by Crippen LogP contribution is 2.23. The molecule has 0 aliphatic carbocycles. The number of benzene rings is 2. The van der Waals surface area contributed by atoms with Crippen molar-refractivity contribution in [2.75, 3.05) is 5.32 Å². The Morgan fingerprint density at radius 3 is 2.23 bits per heavy atom. The van der Waals surface area contributed by atoms with E-state index in [1.54, 1.807) is 0 Å². The number of hydrogen-bond donors (Lipinski definition) is 2. The maximum Gasteiger partial charge on any atom is 0.267 e. The van der Waals surface area contributed by atoms with Gasteiger partial charge in [-0.3, -0.25) is 4.79 Å². The van der Waals surface area contributed by atoms with Crippen LogP contribution in [0.3, 0.4) is 0 Å². The maximum atomic E-state index is 12.5. The minimum absolute atomic E-state index is 0.0603. The molecule has 0 radical (unpaired) electrons. The second kappa shape index (κ2) is 9.43. The van der Waals surface area contributed by atoms with Gasteiger partial charge in [-0.05, 0) is 36.5 Å². The first-order valence-electron chi connectivity index (χ1n) is 8.90. The van der Waals surface area contributed by atoms with Crippen LogP contribution in [-0.4, -0.2) is 5.91 Å². The SMILES string of the molecule is CCc1cccc(CC)c1NC(=O)/C(C#N)=C\NCc1ccc(C)cc1. The molecule has 0 saturated carbocycles. The third-order valence-electron chi connectivity index (χ3n) is 4.28. The van der Waals surface area contributed by atoms with Crippen LogP contribution in [0, 0.1) is 18.3 Å². The van der Waals surface area contributed by atoms with Gasteiger partial charge in [-0.25, -0.2) is 0 Å². The largest absolute Gasteiger partial charge is 0.386 e. The summed E-state index contributed by atoms with van der Waals surface area (Å²) in [6.07, 6.45) is 3.12. The summed E-state index contributed by atoms with van der Waals surface area (Å²) in [4.78, 5) is 12.5. The third-order valence-corrected chi connectivity index (χ3v) is 4.28. The molecule has 134 valence electrons. The van der Waals surface area contributed by atoms with Crippen LogP contribution in [0.1, 0.15) is 36.1 Å². The van der Waals surface area contributed by atoms with Gasteiger partial charge < -0.3 is 10.6 Å². The van der Waals surface area contributed by atoms with Crippen molar-refractivity contribution in [3.8, 4) is 6.07 Å². The van der Waals surface area contributed by atoms with Crippen molar-refractivity contribution in [2.24, 2.45) is 0 Å². The highest BCUT2D eigenvalue weighted by Gasteiger charge is 2.13. The highest BCUT2D eigenvalue weighted by molar-refractivity contribution is 6.07. The van der Waals surface area contributed by atoms with Gasteiger partial charge in [-0.15, -0.1) is 0 Å². The van der Waals surface area contributed by atoms with E-state index in [2.05, 4.69) is 24.5 Å². The summed E-state index contributed by atoms with van der Waals surface area (Å²) < 4.78 is 0. The van der Waals surface area contributed by atoms with Gasteiger partial charge in [0, 0.05) is 18.4 Å². The molecular weight excluding hydrogens is 322 g/mol. The normalized spacial score (nSPS) is 10.9. The number of nitrogens with zero attached hydrogens (tertiary/aromatic N) is 1. The lowest BCUT2D eigenvalue weighted by atomic mass is 10.0. The van der Waals surface area contributed by atoms with Crippen LogP contribution < -0.4 is 10.6 Å². The molecule has 2 aromatic rings. The van der Waals surface area contributed by atoms with E-state index in [1.165, 1.54) is 11.8 Å². The molecule has 0 saturated heterocycles. The van der Waals surface area contributed by atoms with Crippen LogP contribution >= 0.6 is 0 Å². The highest BCUT2D eigenvalue weighted by atomic mass is 16.1. The second-order valence-electron chi connectivity index (χ2n) is 6.15. The lowest BCUT2D eigenvalue weighted by molar-refractivity contribution is -0.112. The number of carbonyl (C=O) groups excluding carboxylic acids is 1. The van der Waals surface area contributed by atoms with Gasteiger partial charge in [0.2, 0.25) is 0 Å². The van der Waals surface area contributed by atoms with Crippen LogP contribution in [-0.2, 0) is 24.2 Å². The first-order chi connectivity index (χ1) is 12.6. The summed E-state index contributed by atoms with van der Waals surface area (Å²) in [5, 5.41) is 15.3. The predicted molar refractivity (Wildman–Crippen MR) is 106 cm³/mol. The van der Waals surface area contributed by atoms with Gasteiger partial charge in [0.1, 0.15) is 11.6 Å². The van der Waals surface area contributed by atoms with Gasteiger partial charge in [0.15, 0.2) is 0 Å². The number of aryl methyl sites for hydroxylation is 3. The summed E-state index contributed by atoms with van der Waals surface area (Å²) in [6.45, 7) is 6.70. The van der Waals surface area contributed by atoms with Gasteiger partial charge in [-0.2, -0.15) is 5.26 Å². The maximum absolute atomic E-state index is 12.5. The Kier molecular flexibility index (Phi) is 6.99. The zero-order valence-electron chi connectivity index (χ0n) is 15.6. The molecule has 0 bridgehead atoms. The van der Waals surface area contributed by atoms with Gasteiger partial charge in [-0.1, -0.05) is 61.9 Å². The number of nitrogens with one attached hydrogen (secondary N) is 2. The molecule has 2 rings (SSSR count). The average molecular weight is 347 g/mol. The van der Waals surface area contributed by atoms with Crippen molar-refractivity contribution in [3.05, 3.63) is 76.5 Å². The van der Waals surface area contributed by atoms with Crippen LogP contribution in [0.2, 0.25) is 0 Å². The fourth-order valence-electron chi connectivity index (χ4n) is 2.71. The zero-order valence-corrected chi connectivity index (χ0v) is 15.6. The number of carbonyl (C=O) groups is 1. The monoisotopic (exact) mass is 347 g/mol. The lowest BCUT2D eigenvalue weighted by Crippen LogP contribution is -2.18. The van der Waals surface area contributed by atoms with E-state index >= 15 is 0 Å². The molecule has 4 heteroatoms. The number of nitriles is 1. The molecule has 0 aliphatic rings. The summed E-state index contributed by atoms with van der Waals surface area (Å²) >= 11 is 0. The Balaban J connectivity index is 2.09. The Hall–Kier alpha value is -3.06. The number of amides is 1. The van der Waals surface area contributed by atoms with Gasteiger partial charge in [0.05, 0.1) is 0 Å². The average Bonchev–Trinajstić information content (AvgIpc) is 2.66. The number of hydrogen-bond acceptors (Lipinski definition) is 3. The van der Waals surface area contributed by atoms with Crippen LogP contribution in [0.15, 0.2) is 54.2 Å². The Morgan fingerprint density at radius 2 is 1.69 bits per heavy atom. The quantitative estimate of drug-likeness (QED) is 0.581. The molecule has 0 fully saturated rings. The number of para-hydroxylation sites is 1. The van der Waals surface area contributed by atoms with E-state index in [0.717, 1.165) is 35.2 Å². The van der Waals surface area contributed by atoms with E-state index in [1.807, 2.05) is 55.5 Å². The molecule has 2 N–H and O–H groups in total. The van der Waals surface area contributed by atoms with Crippen molar-refractivity contribution in [3.63, 3.8) is 0 Å². The Bertz CT molecular complexity index is 807. The van der Waals surface area contributed by atoms with Crippen molar-refractivity contribution in [2.45, 2.75) is 40.2 Å². The first-order valence-corrected chi connectivity index (χ1v) is 8.90. The van der Waals surface area contributed by atoms with Crippen LogP contribution in [0.5, 0.6) is 0 Å². The summed E-state index contributed by atoms with van der Waals surface area (Å²) in [6, 6.07) is 16.1. The molecule has 1 amide bonds. The molecule has 26 heavy (non-hydrogen) atoms. The molecule has 2 aromatic carbocycles. The lowest BCUT2D eigenvalue weighted by Gasteiger charge is -2.14. The third kappa shape index (κ3) is 4.97. The minimum Gasteiger partial charge on any atom is -0.386 e. The molecule has 0 spiro atoms. The van der Waals surface area contributed by atoms with Crippen LogP contribution in [0.25, 0.3) is 0 Å². The standard InChI is InChI=1S/C22H25N3O/c1-4-18-7-6-8-19(5-2)21(18)25-22(26)20(13-23)15-24-14-17-11-9-16(3)10-12-17/h6-12,15,24H,4-5,14H2,1-3H3,(H,25,26)/b20-15-. The molecule has 4 nitrogen and oxygen atoms in total. The predicted octanol–water partition coefficient (Wildman–Crippen LogP) is 4.26. The fourth-order valence-corrected chi connectivity index (χ4v) is 2.71. The van der Waals surface area contributed by atoms with Crippen molar-refractivity contribution in [1.29, 1.82) is 5.26 Å². The zero-order chi connectivity index (χ0) is 18.9. The molecule has 0 unspecified atom stereocenters. The summed E-state index contributed by atoms with van der Waals surface area (Å²) in [5.74, 6) is -0.389. The first kappa shape index (κ1) is 19.3. The second-order valence-corrected chi connectivity index (χ2v) is 6.15. The van der Waals surface area contributed by atoms with E-state index < -0.39 is 0 Å². The number of rotatable bonds is 7. The van der Waals surface area contributed by atoms with E-state index in [9.17, 15) is 10.1 Å². The van der Waals surface area contributed by atoms with Crippen molar-refractivity contribution in [1.82, 2.24) is 5.32 Å². The number of anilines is 1.